The number of pyridine rings is 1. The molecule has 0 aliphatic rings. The molecular weight excluding hydrogens is 174 g/mol. The molecule has 0 fully saturated rings. The van der Waals surface area contributed by atoms with Crippen molar-refractivity contribution < 1.29 is 4.74 Å². The summed E-state index contributed by atoms with van der Waals surface area (Å²) in [7, 11) is 0. The lowest BCUT2D eigenvalue weighted by Gasteiger charge is -2.02. The maximum absolute atomic E-state index is 5.35. The summed E-state index contributed by atoms with van der Waals surface area (Å²) in [5, 5.41) is 1.17. The number of ether oxygens (including phenoxy) is 1. The van der Waals surface area contributed by atoms with Crippen LogP contribution in [0.25, 0.3) is 10.9 Å². The number of benzene rings is 1. The average molecular weight is 187 g/mol. The van der Waals surface area contributed by atoms with Crippen molar-refractivity contribution in [3.05, 3.63) is 42.1 Å². The average Bonchev–Trinajstić information content (AvgIpc) is 2.26. The van der Waals surface area contributed by atoms with Gasteiger partial charge >= 0.3 is 0 Å². The normalized spacial score (nSPS) is 10.6. The monoisotopic (exact) mass is 187 g/mol. The molecule has 2 heteroatoms. The second-order valence-corrected chi connectivity index (χ2v) is 3.17. The van der Waals surface area contributed by atoms with Crippen LogP contribution in [-0.2, 0) is 11.3 Å². The van der Waals surface area contributed by atoms with Crippen LogP contribution in [0.3, 0.4) is 0 Å². The van der Waals surface area contributed by atoms with E-state index in [9.17, 15) is 0 Å². The molecule has 0 atom stereocenters. The molecule has 2 aromatic rings. The number of rotatable bonds is 3. The lowest BCUT2D eigenvalue weighted by molar-refractivity contribution is 0.134. The summed E-state index contributed by atoms with van der Waals surface area (Å²) < 4.78 is 5.35. The molecule has 1 heterocycles. The van der Waals surface area contributed by atoms with Gasteiger partial charge < -0.3 is 4.74 Å². The number of aromatic nitrogens is 1. The van der Waals surface area contributed by atoms with Gasteiger partial charge in [0.2, 0.25) is 0 Å². The topological polar surface area (TPSA) is 22.1 Å². The smallest absolute Gasteiger partial charge is 0.0716 e. The van der Waals surface area contributed by atoms with Gasteiger partial charge in [0, 0.05) is 18.2 Å². The Kier molecular flexibility index (Phi) is 2.75. The summed E-state index contributed by atoms with van der Waals surface area (Å²) in [4.78, 5) is 4.26. The van der Waals surface area contributed by atoms with Gasteiger partial charge in [0.15, 0.2) is 0 Å². The lowest BCUT2D eigenvalue weighted by atomic mass is 10.1. The number of nitrogens with zero attached hydrogens (tertiary/aromatic N) is 1. The van der Waals surface area contributed by atoms with Crippen LogP contribution in [0.4, 0.5) is 0 Å². The van der Waals surface area contributed by atoms with Crippen molar-refractivity contribution in [3.63, 3.8) is 0 Å². The number of hydrogen-bond acceptors (Lipinski definition) is 2. The van der Waals surface area contributed by atoms with Gasteiger partial charge in [-0.15, -0.1) is 0 Å². The zero-order valence-corrected chi connectivity index (χ0v) is 8.23. The Balaban J connectivity index is 2.32. The first-order chi connectivity index (χ1) is 6.90. The second-order valence-electron chi connectivity index (χ2n) is 3.17. The summed E-state index contributed by atoms with van der Waals surface area (Å²) in [6.45, 7) is 3.44. The molecular formula is C12H13NO. The molecule has 14 heavy (non-hydrogen) atoms. The van der Waals surface area contributed by atoms with E-state index in [1.54, 1.807) is 0 Å². The minimum atomic E-state index is 0.682. The van der Waals surface area contributed by atoms with Gasteiger partial charge in [0.25, 0.3) is 0 Å². The summed E-state index contributed by atoms with van der Waals surface area (Å²) in [5.74, 6) is 0. The van der Waals surface area contributed by atoms with Crippen molar-refractivity contribution in [2.24, 2.45) is 0 Å². The molecule has 0 spiro atoms. The molecule has 0 aliphatic heterocycles. The fraction of sp³-hybridized carbons (Fsp3) is 0.250. The molecule has 0 aliphatic carbocycles. The fourth-order valence-electron chi connectivity index (χ4n) is 1.43. The molecule has 72 valence electrons. The van der Waals surface area contributed by atoms with E-state index in [0.29, 0.717) is 6.61 Å². The predicted octanol–water partition coefficient (Wildman–Crippen LogP) is 2.77. The Morgan fingerprint density at radius 1 is 1.29 bits per heavy atom. The Bertz CT molecular complexity index is 425. The number of fused-ring (bicyclic) bond motifs is 1. The van der Waals surface area contributed by atoms with Gasteiger partial charge in [-0.2, -0.15) is 0 Å². The molecule has 1 aromatic heterocycles. The van der Waals surface area contributed by atoms with Gasteiger partial charge in [-0.05, 0) is 30.7 Å². The van der Waals surface area contributed by atoms with Crippen LogP contribution in [0, 0.1) is 0 Å². The van der Waals surface area contributed by atoms with E-state index < -0.39 is 0 Å². The molecule has 0 amide bonds. The first-order valence-corrected chi connectivity index (χ1v) is 4.81. The van der Waals surface area contributed by atoms with E-state index in [-0.39, 0.29) is 0 Å². The van der Waals surface area contributed by atoms with Gasteiger partial charge in [0.05, 0.1) is 12.1 Å². The van der Waals surface area contributed by atoms with Crippen LogP contribution in [0.2, 0.25) is 0 Å². The van der Waals surface area contributed by atoms with Crippen molar-refractivity contribution in [3.8, 4) is 0 Å². The zero-order valence-electron chi connectivity index (χ0n) is 8.23. The minimum Gasteiger partial charge on any atom is -0.377 e. The Morgan fingerprint density at radius 2 is 2.21 bits per heavy atom. The van der Waals surface area contributed by atoms with Crippen molar-refractivity contribution >= 4 is 10.9 Å². The first-order valence-electron chi connectivity index (χ1n) is 4.81. The Morgan fingerprint density at radius 3 is 3.07 bits per heavy atom. The van der Waals surface area contributed by atoms with Crippen LogP contribution in [0.1, 0.15) is 12.5 Å². The molecule has 0 bridgehead atoms. The SMILES string of the molecule is CCOCc1ccc2ncccc2c1. The third-order valence-corrected chi connectivity index (χ3v) is 2.14. The molecule has 0 saturated carbocycles. The maximum atomic E-state index is 5.35. The highest BCUT2D eigenvalue weighted by molar-refractivity contribution is 5.78. The van der Waals surface area contributed by atoms with Crippen LogP contribution in [0.5, 0.6) is 0 Å². The van der Waals surface area contributed by atoms with Crippen LogP contribution >= 0.6 is 0 Å². The highest BCUT2D eigenvalue weighted by Gasteiger charge is 1.96. The van der Waals surface area contributed by atoms with Gasteiger partial charge in [-0.25, -0.2) is 0 Å². The summed E-state index contributed by atoms with van der Waals surface area (Å²) in [6.07, 6.45) is 1.81. The quantitative estimate of drug-likeness (QED) is 0.737. The van der Waals surface area contributed by atoms with Crippen molar-refractivity contribution in [2.75, 3.05) is 6.61 Å². The molecule has 0 unspecified atom stereocenters. The third-order valence-electron chi connectivity index (χ3n) is 2.14. The van der Waals surface area contributed by atoms with Gasteiger partial charge in [0.1, 0.15) is 0 Å². The van der Waals surface area contributed by atoms with Gasteiger partial charge in [-0.3, -0.25) is 4.98 Å². The number of hydrogen-bond donors (Lipinski definition) is 0. The largest absolute Gasteiger partial charge is 0.377 e. The minimum absolute atomic E-state index is 0.682. The fourth-order valence-corrected chi connectivity index (χ4v) is 1.43. The standard InChI is InChI=1S/C12H13NO/c1-2-14-9-10-5-6-12-11(8-10)4-3-7-13-12/h3-8H,2,9H2,1H3. The van der Waals surface area contributed by atoms with Crippen molar-refractivity contribution in [1.29, 1.82) is 0 Å². The molecule has 1 aromatic carbocycles. The zero-order chi connectivity index (χ0) is 9.80. The first kappa shape index (κ1) is 9.16. The molecule has 0 N–H and O–H groups in total. The third kappa shape index (κ3) is 1.91. The van der Waals surface area contributed by atoms with Gasteiger partial charge in [-0.1, -0.05) is 12.1 Å². The van der Waals surface area contributed by atoms with E-state index in [1.807, 2.05) is 25.3 Å². The highest BCUT2D eigenvalue weighted by Crippen LogP contribution is 2.13. The second kappa shape index (κ2) is 4.20. The summed E-state index contributed by atoms with van der Waals surface area (Å²) in [5.41, 5.74) is 2.24. The van der Waals surface area contributed by atoms with Crippen molar-refractivity contribution in [1.82, 2.24) is 4.98 Å². The lowest BCUT2D eigenvalue weighted by Crippen LogP contribution is -1.91. The Labute approximate surface area is 83.5 Å². The maximum Gasteiger partial charge on any atom is 0.0716 e. The Hall–Kier alpha value is -1.41. The van der Waals surface area contributed by atoms with Crippen LogP contribution < -0.4 is 0 Å². The molecule has 2 rings (SSSR count). The molecule has 2 nitrogen and oxygen atoms in total. The summed E-state index contributed by atoms with van der Waals surface area (Å²) in [6, 6.07) is 10.2. The van der Waals surface area contributed by atoms with E-state index in [1.165, 1.54) is 10.9 Å². The van der Waals surface area contributed by atoms with E-state index >= 15 is 0 Å². The van der Waals surface area contributed by atoms with Crippen LogP contribution in [0.15, 0.2) is 36.5 Å². The molecule has 0 saturated heterocycles. The predicted molar refractivity (Wildman–Crippen MR) is 57.1 cm³/mol. The van der Waals surface area contributed by atoms with Crippen LogP contribution in [-0.4, -0.2) is 11.6 Å². The highest BCUT2D eigenvalue weighted by atomic mass is 16.5. The van der Waals surface area contributed by atoms with E-state index in [0.717, 1.165) is 12.1 Å². The van der Waals surface area contributed by atoms with Crippen molar-refractivity contribution in [2.45, 2.75) is 13.5 Å². The summed E-state index contributed by atoms with van der Waals surface area (Å²) >= 11 is 0. The van der Waals surface area contributed by atoms with E-state index in [2.05, 4.69) is 23.2 Å². The molecule has 0 radical (unpaired) electrons. The van der Waals surface area contributed by atoms with E-state index in [4.69, 9.17) is 4.74 Å².